The molecule has 5 nitrogen and oxygen atoms in total. The SMILES string of the molecule is COC(C)(C)c1nc2cc(C)c(C)cc2n1CCC(=O)O. The summed E-state index contributed by atoms with van der Waals surface area (Å²) in [6, 6.07) is 4.10. The smallest absolute Gasteiger partial charge is 0.305 e. The number of carbonyl (C=O) groups is 1. The molecule has 1 heterocycles. The second-order valence-electron chi connectivity index (χ2n) is 5.87. The lowest BCUT2D eigenvalue weighted by atomic mass is 10.1. The largest absolute Gasteiger partial charge is 0.481 e. The van der Waals surface area contributed by atoms with Crippen LogP contribution in [0.4, 0.5) is 0 Å². The second-order valence-corrected chi connectivity index (χ2v) is 5.87. The zero-order valence-corrected chi connectivity index (χ0v) is 13.2. The van der Waals surface area contributed by atoms with E-state index in [2.05, 4.69) is 11.1 Å². The predicted octanol–water partition coefficient (Wildman–Crippen LogP) is 3.01. The molecule has 0 unspecified atom stereocenters. The van der Waals surface area contributed by atoms with E-state index in [0.717, 1.165) is 16.9 Å². The third kappa shape index (κ3) is 2.93. The van der Waals surface area contributed by atoms with Gasteiger partial charge in [0.05, 0.1) is 17.5 Å². The average Bonchev–Trinajstić information content (AvgIpc) is 2.75. The fraction of sp³-hybridized carbons (Fsp3) is 0.500. The van der Waals surface area contributed by atoms with Gasteiger partial charge in [-0.1, -0.05) is 0 Å². The summed E-state index contributed by atoms with van der Waals surface area (Å²) in [5.41, 5.74) is 3.61. The number of rotatable bonds is 5. The van der Waals surface area contributed by atoms with E-state index in [4.69, 9.17) is 9.84 Å². The Balaban J connectivity index is 2.65. The normalized spacial score (nSPS) is 12.0. The zero-order valence-electron chi connectivity index (χ0n) is 13.2. The van der Waals surface area contributed by atoms with E-state index >= 15 is 0 Å². The molecular formula is C16H22N2O3. The number of imidazole rings is 1. The monoisotopic (exact) mass is 290 g/mol. The lowest BCUT2D eigenvalue weighted by Gasteiger charge is -2.23. The summed E-state index contributed by atoms with van der Waals surface area (Å²) >= 11 is 0. The fourth-order valence-electron chi connectivity index (χ4n) is 2.36. The van der Waals surface area contributed by atoms with Crippen LogP contribution in [0.5, 0.6) is 0 Å². The highest BCUT2D eigenvalue weighted by molar-refractivity contribution is 5.78. The van der Waals surface area contributed by atoms with Crippen molar-refractivity contribution in [1.29, 1.82) is 0 Å². The summed E-state index contributed by atoms with van der Waals surface area (Å²) in [5, 5.41) is 8.97. The Morgan fingerprint density at radius 1 is 1.33 bits per heavy atom. The van der Waals surface area contributed by atoms with E-state index in [1.807, 2.05) is 38.3 Å². The lowest BCUT2D eigenvalue weighted by Crippen LogP contribution is -2.25. The molecule has 0 aliphatic heterocycles. The number of fused-ring (bicyclic) bond motifs is 1. The number of benzene rings is 1. The Kier molecular flexibility index (Phi) is 4.05. The van der Waals surface area contributed by atoms with E-state index in [0.29, 0.717) is 6.54 Å². The quantitative estimate of drug-likeness (QED) is 0.919. The van der Waals surface area contributed by atoms with Crippen LogP contribution in [0.15, 0.2) is 12.1 Å². The van der Waals surface area contributed by atoms with Crippen molar-refractivity contribution in [3.8, 4) is 0 Å². The number of nitrogens with zero attached hydrogens (tertiary/aromatic N) is 2. The molecule has 0 amide bonds. The zero-order chi connectivity index (χ0) is 15.8. The molecule has 1 aromatic heterocycles. The second kappa shape index (κ2) is 5.48. The minimum atomic E-state index is -0.818. The van der Waals surface area contributed by atoms with Crippen LogP contribution in [-0.4, -0.2) is 27.7 Å². The molecule has 0 atom stereocenters. The summed E-state index contributed by atoms with van der Waals surface area (Å²) < 4.78 is 7.49. The first-order valence-corrected chi connectivity index (χ1v) is 7.01. The number of aliphatic carboxylic acids is 1. The van der Waals surface area contributed by atoms with Crippen molar-refractivity contribution in [1.82, 2.24) is 9.55 Å². The Hall–Kier alpha value is -1.88. The van der Waals surface area contributed by atoms with Crippen LogP contribution in [0.3, 0.4) is 0 Å². The van der Waals surface area contributed by atoms with Crippen molar-refractivity contribution in [2.75, 3.05) is 7.11 Å². The van der Waals surface area contributed by atoms with Gasteiger partial charge in [-0.2, -0.15) is 0 Å². The molecule has 114 valence electrons. The number of ether oxygens (including phenoxy) is 1. The van der Waals surface area contributed by atoms with Gasteiger partial charge < -0.3 is 14.4 Å². The van der Waals surface area contributed by atoms with Gasteiger partial charge in [-0.15, -0.1) is 0 Å². The Morgan fingerprint density at radius 3 is 2.52 bits per heavy atom. The molecule has 0 saturated heterocycles. The molecule has 21 heavy (non-hydrogen) atoms. The standard InChI is InChI=1S/C16H22N2O3/c1-10-8-12-13(9-11(10)2)18(7-6-14(19)20)15(17-12)16(3,4)21-5/h8-9H,6-7H2,1-5H3,(H,19,20). The summed E-state index contributed by atoms with van der Waals surface area (Å²) in [6.45, 7) is 8.35. The van der Waals surface area contributed by atoms with Gasteiger partial charge in [-0.3, -0.25) is 4.79 Å². The molecule has 0 radical (unpaired) electrons. The van der Waals surface area contributed by atoms with Gasteiger partial charge in [0.15, 0.2) is 0 Å². The molecule has 0 aliphatic rings. The minimum Gasteiger partial charge on any atom is -0.481 e. The van der Waals surface area contributed by atoms with Gasteiger partial charge in [0.1, 0.15) is 11.4 Å². The molecule has 2 rings (SSSR count). The number of hydrogen-bond donors (Lipinski definition) is 1. The predicted molar refractivity (Wildman–Crippen MR) is 81.5 cm³/mol. The highest BCUT2D eigenvalue weighted by Crippen LogP contribution is 2.29. The maximum Gasteiger partial charge on any atom is 0.305 e. The summed E-state index contributed by atoms with van der Waals surface area (Å²) in [6.07, 6.45) is 0.0607. The van der Waals surface area contributed by atoms with Gasteiger partial charge in [0.25, 0.3) is 0 Å². The molecular weight excluding hydrogens is 268 g/mol. The van der Waals surface area contributed by atoms with Crippen molar-refractivity contribution in [3.05, 3.63) is 29.1 Å². The van der Waals surface area contributed by atoms with Crippen molar-refractivity contribution in [2.45, 2.75) is 46.3 Å². The first-order chi connectivity index (χ1) is 9.76. The lowest BCUT2D eigenvalue weighted by molar-refractivity contribution is -0.137. The molecule has 0 bridgehead atoms. The molecule has 0 fully saturated rings. The van der Waals surface area contributed by atoms with Gasteiger partial charge in [-0.25, -0.2) is 4.98 Å². The third-order valence-electron chi connectivity index (χ3n) is 3.96. The first kappa shape index (κ1) is 15.5. The van der Waals surface area contributed by atoms with E-state index in [-0.39, 0.29) is 6.42 Å². The van der Waals surface area contributed by atoms with Gasteiger partial charge in [0, 0.05) is 13.7 Å². The molecule has 1 N–H and O–H groups in total. The summed E-state index contributed by atoms with van der Waals surface area (Å²) in [4.78, 5) is 15.6. The van der Waals surface area contributed by atoms with Gasteiger partial charge in [0.2, 0.25) is 0 Å². The van der Waals surface area contributed by atoms with Crippen LogP contribution in [0.25, 0.3) is 11.0 Å². The van der Waals surface area contributed by atoms with E-state index in [1.54, 1.807) is 7.11 Å². The summed E-state index contributed by atoms with van der Waals surface area (Å²) in [7, 11) is 1.64. The Bertz CT molecular complexity index is 686. The van der Waals surface area contributed by atoms with Crippen molar-refractivity contribution in [3.63, 3.8) is 0 Å². The molecule has 2 aromatic rings. The van der Waals surface area contributed by atoms with Crippen LogP contribution in [0, 0.1) is 13.8 Å². The van der Waals surface area contributed by atoms with Crippen molar-refractivity contribution < 1.29 is 14.6 Å². The number of carboxylic acid groups (broad SMARTS) is 1. The van der Waals surface area contributed by atoms with Crippen LogP contribution in [-0.2, 0) is 21.7 Å². The summed E-state index contributed by atoms with van der Waals surface area (Å²) in [5.74, 6) is -0.0619. The number of carboxylic acids is 1. The van der Waals surface area contributed by atoms with E-state index in [9.17, 15) is 4.79 Å². The Labute approximate surface area is 124 Å². The van der Waals surface area contributed by atoms with Crippen LogP contribution >= 0.6 is 0 Å². The highest BCUT2D eigenvalue weighted by Gasteiger charge is 2.27. The highest BCUT2D eigenvalue weighted by atomic mass is 16.5. The first-order valence-electron chi connectivity index (χ1n) is 7.01. The van der Waals surface area contributed by atoms with Crippen LogP contribution in [0.1, 0.15) is 37.2 Å². The molecule has 1 aromatic carbocycles. The van der Waals surface area contributed by atoms with Crippen molar-refractivity contribution in [2.24, 2.45) is 0 Å². The average molecular weight is 290 g/mol. The van der Waals surface area contributed by atoms with E-state index < -0.39 is 11.6 Å². The number of methoxy groups -OCH3 is 1. The Morgan fingerprint density at radius 2 is 1.95 bits per heavy atom. The molecule has 0 saturated carbocycles. The fourth-order valence-corrected chi connectivity index (χ4v) is 2.36. The van der Waals surface area contributed by atoms with Gasteiger partial charge >= 0.3 is 5.97 Å². The molecule has 0 aliphatic carbocycles. The number of aromatic nitrogens is 2. The van der Waals surface area contributed by atoms with Crippen LogP contribution in [0.2, 0.25) is 0 Å². The molecule has 5 heteroatoms. The number of hydrogen-bond acceptors (Lipinski definition) is 3. The third-order valence-corrected chi connectivity index (χ3v) is 3.96. The molecule has 0 spiro atoms. The minimum absolute atomic E-state index is 0.0607. The van der Waals surface area contributed by atoms with Crippen LogP contribution < -0.4 is 0 Å². The number of aryl methyl sites for hydroxylation is 3. The maximum atomic E-state index is 10.9. The maximum absolute atomic E-state index is 10.9. The topological polar surface area (TPSA) is 64.4 Å². The van der Waals surface area contributed by atoms with Gasteiger partial charge in [-0.05, 0) is 51.0 Å². The van der Waals surface area contributed by atoms with Crippen molar-refractivity contribution >= 4 is 17.0 Å². The van der Waals surface area contributed by atoms with E-state index in [1.165, 1.54) is 11.1 Å².